The Hall–Kier alpha value is -1.65. The molecule has 1 aromatic rings. The molecular formula is C16H22F2N2O. The molecule has 1 aromatic carbocycles. The molecule has 1 saturated carbocycles. The van der Waals surface area contributed by atoms with Gasteiger partial charge in [0.25, 0.3) is 5.91 Å². The smallest absolute Gasteiger partial charge is 0.254 e. The fourth-order valence-corrected chi connectivity index (χ4v) is 3.06. The van der Waals surface area contributed by atoms with Crippen molar-refractivity contribution < 1.29 is 13.6 Å². The van der Waals surface area contributed by atoms with Crippen LogP contribution >= 0.6 is 0 Å². The van der Waals surface area contributed by atoms with E-state index in [-0.39, 0.29) is 23.2 Å². The lowest BCUT2D eigenvalue weighted by Gasteiger charge is -2.34. The van der Waals surface area contributed by atoms with Crippen LogP contribution in [0.1, 0.15) is 43.0 Å². The Balaban J connectivity index is 2.19. The van der Waals surface area contributed by atoms with Crippen LogP contribution in [0.3, 0.4) is 0 Å². The standard InChI is InChI=1S/C16H22F2N2O/c1-10-5-4-6-12(7-10)20(3)16(21)11-8-13(17)15(19-2)14(18)9-11/h8-10,12,19H,4-7H2,1-3H3. The number of benzene rings is 1. The summed E-state index contributed by atoms with van der Waals surface area (Å²) in [5.74, 6) is -1.23. The van der Waals surface area contributed by atoms with Gasteiger partial charge >= 0.3 is 0 Å². The van der Waals surface area contributed by atoms with E-state index in [1.165, 1.54) is 13.5 Å². The van der Waals surface area contributed by atoms with Gasteiger partial charge in [-0.05, 0) is 30.9 Å². The lowest BCUT2D eigenvalue weighted by Crippen LogP contribution is -2.39. The molecule has 2 unspecified atom stereocenters. The second-order valence-electron chi connectivity index (χ2n) is 5.91. The SMILES string of the molecule is CNc1c(F)cc(C(=O)N(C)C2CCCC(C)C2)cc1F. The molecule has 0 aromatic heterocycles. The van der Waals surface area contributed by atoms with Gasteiger partial charge in [0.15, 0.2) is 0 Å². The zero-order valence-electron chi connectivity index (χ0n) is 12.7. The third-order valence-electron chi connectivity index (χ3n) is 4.32. The van der Waals surface area contributed by atoms with Crippen molar-refractivity contribution in [1.29, 1.82) is 0 Å². The number of anilines is 1. The lowest BCUT2D eigenvalue weighted by atomic mass is 9.86. The molecular weight excluding hydrogens is 274 g/mol. The van der Waals surface area contributed by atoms with Crippen molar-refractivity contribution in [2.75, 3.05) is 19.4 Å². The molecule has 2 rings (SSSR count). The molecule has 21 heavy (non-hydrogen) atoms. The molecule has 116 valence electrons. The van der Waals surface area contributed by atoms with Gasteiger partial charge in [0.1, 0.15) is 17.3 Å². The van der Waals surface area contributed by atoms with E-state index in [9.17, 15) is 13.6 Å². The summed E-state index contributed by atoms with van der Waals surface area (Å²) in [4.78, 5) is 14.1. The minimum absolute atomic E-state index is 0.0599. The molecule has 3 nitrogen and oxygen atoms in total. The lowest BCUT2D eigenvalue weighted by molar-refractivity contribution is 0.0671. The summed E-state index contributed by atoms with van der Waals surface area (Å²) in [5.41, 5.74) is -0.148. The number of hydrogen-bond donors (Lipinski definition) is 1. The average molecular weight is 296 g/mol. The quantitative estimate of drug-likeness (QED) is 0.923. The molecule has 0 spiro atoms. The number of rotatable bonds is 3. The first-order chi connectivity index (χ1) is 9.93. The summed E-state index contributed by atoms with van der Waals surface area (Å²) in [5, 5.41) is 2.45. The van der Waals surface area contributed by atoms with Crippen LogP contribution in [0.4, 0.5) is 14.5 Å². The van der Waals surface area contributed by atoms with Crippen molar-refractivity contribution in [3.05, 3.63) is 29.3 Å². The molecule has 1 N–H and O–H groups in total. The minimum Gasteiger partial charge on any atom is -0.383 e. The van der Waals surface area contributed by atoms with Crippen LogP contribution in [0, 0.1) is 17.6 Å². The highest BCUT2D eigenvalue weighted by atomic mass is 19.1. The van der Waals surface area contributed by atoms with E-state index in [1.54, 1.807) is 11.9 Å². The zero-order valence-corrected chi connectivity index (χ0v) is 12.7. The maximum Gasteiger partial charge on any atom is 0.254 e. The Labute approximate surface area is 124 Å². The summed E-state index contributed by atoms with van der Waals surface area (Å²) >= 11 is 0. The number of amides is 1. The van der Waals surface area contributed by atoms with Crippen molar-refractivity contribution in [1.82, 2.24) is 4.90 Å². The van der Waals surface area contributed by atoms with Gasteiger partial charge in [0.2, 0.25) is 0 Å². The Kier molecular flexibility index (Phi) is 4.80. The number of nitrogens with one attached hydrogen (secondary N) is 1. The molecule has 5 heteroatoms. The van der Waals surface area contributed by atoms with Gasteiger partial charge in [-0.25, -0.2) is 8.78 Å². The van der Waals surface area contributed by atoms with Crippen molar-refractivity contribution >= 4 is 11.6 Å². The number of hydrogen-bond acceptors (Lipinski definition) is 2. The molecule has 1 aliphatic carbocycles. The number of nitrogens with zero attached hydrogens (tertiary/aromatic N) is 1. The Morgan fingerprint density at radius 2 is 1.90 bits per heavy atom. The topological polar surface area (TPSA) is 32.3 Å². The fraction of sp³-hybridized carbons (Fsp3) is 0.562. The highest BCUT2D eigenvalue weighted by Gasteiger charge is 2.27. The van der Waals surface area contributed by atoms with Gasteiger partial charge in [0, 0.05) is 25.7 Å². The van der Waals surface area contributed by atoms with E-state index in [4.69, 9.17) is 0 Å². The van der Waals surface area contributed by atoms with E-state index >= 15 is 0 Å². The van der Waals surface area contributed by atoms with Crippen LogP contribution in [-0.4, -0.2) is 30.9 Å². The maximum absolute atomic E-state index is 13.8. The van der Waals surface area contributed by atoms with Crippen LogP contribution in [0.15, 0.2) is 12.1 Å². The van der Waals surface area contributed by atoms with E-state index in [1.807, 2.05) is 0 Å². The van der Waals surface area contributed by atoms with Crippen LogP contribution in [0.25, 0.3) is 0 Å². The van der Waals surface area contributed by atoms with Gasteiger partial charge in [-0.2, -0.15) is 0 Å². The highest BCUT2D eigenvalue weighted by Crippen LogP contribution is 2.28. The zero-order chi connectivity index (χ0) is 15.6. The highest BCUT2D eigenvalue weighted by molar-refractivity contribution is 5.94. The largest absolute Gasteiger partial charge is 0.383 e. The Morgan fingerprint density at radius 1 is 1.29 bits per heavy atom. The van der Waals surface area contributed by atoms with Crippen LogP contribution in [0.2, 0.25) is 0 Å². The van der Waals surface area contributed by atoms with E-state index < -0.39 is 11.6 Å². The molecule has 0 saturated heterocycles. The Morgan fingerprint density at radius 3 is 2.43 bits per heavy atom. The van der Waals surface area contributed by atoms with E-state index in [0.717, 1.165) is 31.4 Å². The third-order valence-corrected chi connectivity index (χ3v) is 4.32. The molecule has 2 atom stereocenters. The second kappa shape index (κ2) is 6.41. The molecule has 1 amide bonds. The molecule has 0 radical (unpaired) electrons. The summed E-state index contributed by atoms with van der Waals surface area (Å²) in [6, 6.07) is 2.34. The maximum atomic E-state index is 13.8. The van der Waals surface area contributed by atoms with E-state index in [2.05, 4.69) is 12.2 Å². The first kappa shape index (κ1) is 15.7. The van der Waals surface area contributed by atoms with Gasteiger partial charge < -0.3 is 10.2 Å². The molecule has 1 fully saturated rings. The van der Waals surface area contributed by atoms with Crippen LogP contribution in [-0.2, 0) is 0 Å². The first-order valence-corrected chi connectivity index (χ1v) is 7.38. The monoisotopic (exact) mass is 296 g/mol. The van der Waals surface area contributed by atoms with Crippen LogP contribution in [0.5, 0.6) is 0 Å². The Bertz CT molecular complexity index is 510. The molecule has 0 aliphatic heterocycles. The van der Waals surface area contributed by atoms with Gasteiger partial charge in [0.05, 0.1) is 0 Å². The van der Waals surface area contributed by atoms with Crippen LogP contribution < -0.4 is 5.32 Å². The van der Waals surface area contributed by atoms with Gasteiger partial charge in [-0.3, -0.25) is 4.79 Å². The summed E-state index contributed by atoms with van der Waals surface area (Å²) in [6.07, 6.45) is 4.16. The number of carbonyl (C=O) groups is 1. The second-order valence-corrected chi connectivity index (χ2v) is 5.91. The summed E-state index contributed by atoms with van der Waals surface area (Å²) in [6.45, 7) is 2.17. The summed E-state index contributed by atoms with van der Waals surface area (Å²) < 4.78 is 27.5. The number of carbonyl (C=O) groups excluding carboxylic acids is 1. The predicted molar refractivity (Wildman–Crippen MR) is 79.4 cm³/mol. The van der Waals surface area contributed by atoms with Crippen molar-refractivity contribution in [3.8, 4) is 0 Å². The van der Waals surface area contributed by atoms with Crippen molar-refractivity contribution in [2.45, 2.75) is 38.6 Å². The van der Waals surface area contributed by atoms with Gasteiger partial charge in [-0.15, -0.1) is 0 Å². The van der Waals surface area contributed by atoms with Gasteiger partial charge in [-0.1, -0.05) is 19.8 Å². The molecule has 1 aliphatic rings. The van der Waals surface area contributed by atoms with E-state index in [0.29, 0.717) is 5.92 Å². The number of halogens is 2. The summed E-state index contributed by atoms with van der Waals surface area (Å²) in [7, 11) is 3.16. The predicted octanol–water partition coefficient (Wildman–Crippen LogP) is 3.66. The normalized spacial score (nSPS) is 22.0. The average Bonchev–Trinajstić information content (AvgIpc) is 2.45. The van der Waals surface area contributed by atoms with Crippen molar-refractivity contribution in [3.63, 3.8) is 0 Å². The molecule has 0 heterocycles. The molecule has 0 bridgehead atoms. The van der Waals surface area contributed by atoms with Crippen molar-refractivity contribution in [2.24, 2.45) is 5.92 Å². The fourth-order valence-electron chi connectivity index (χ4n) is 3.06. The third kappa shape index (κ3) is 3.34. The minimum atomic E-state index is -0.744. The first-order valence-electron chi connectivity index (χ1n) is 7.38.